The van der Waals surface area contributed by atoms with Gasteiger partial charge in [-0.1, -0.05) is 78.4 Å². The first-order valence-corrected chi connectivity index (χ1v) is 10.6. The van der Waals surface area contributed by atoms with Gasteiger partial charge in [0.2, 0.25) is 0 Å². The number of cyclic esters (lactones) is 2. The fraction of sp³-hybridized carbons (Fsp3) is 0.259. The summed E-state index contributed by atoms with van der Waals surface area (Å²) in [6, 6.07) is 25.1. The molecule has 5 nitrogen and oxygen atoms in total. The van der Waals surface area contributed by atoms with E-state index in [1.807, 2.05) is 85.8 Å². The molecule has 32 heavy (non-hydrogen) atoms. The van der Waals surface area contributed by atoms with Crippen LogP contribution in [-0.2, 0) is 25.7 Å². The number of aryl methyl sites for hydroxylation is 1. The summed E-state index contributed by atoms with van der Waals surface area (Å²) in [4.78, 5) is 26.0. The summed E-state index contributed by atoms with van der Waals surface area (Å²) >= 11 is 0. The molecular formula is C27H26O5. The Morgan fingerprint density at radius 2 is 1.44 bits per heavy atom. The van der Waals surface area contributed by atoms with Crippen LogP contribution in [0.1, 0.15) is 42.0 Å². The highest BCUT2D eigenvalue weighted by molar-refractivity contribution is 5.98. The van der Waals surface area contributed by atoms with Crippen LogP contribution in [0.25, 0.3) is 0 Å². The van der Waals surface area contributed by atoms with E-state index in [1.54, 1.807) is 13.8 Å². The maximum Gasteiger partial charge on any atom is 0.324 e. The zero-order chi connectivity index (χ0) is 22.7. The first-order chi connectivity index (χ1) is 15.3. The van der Waals surface area contributed by atoms with Crippen LogP contribution in [-0.4, -0.2) is 17.7 Å². The number of hydrogen-bond donors (Lipinski definition) is 0. The molecule has 1 fully saturated rings. The van der Waals surface area contributed by atoms with Crippen molar-refractivity contribution in [2.45, 2.75) is 39.1 Å². The first-order valence-electron chi connectivity index (χ1n) is 10.6. The minimum Gasteiger partial charge on any atom is -0.489 e. The number of rotatable bonds is 6. The van der Waals surface area contributed by atoms with Gasteiger partial charge < -0.3 is 14.2 Å². The van der Waals surface area contributed by atoms with E-state index in [0.29, 0.717) is 12.4 Å². The molecule has 0 radical (unpaired) electrons. The maximum atomic E-state index is 13.0. The van der Waals surface area contributed by atoms with Gasteiger partial charge in [-0.25, -0.2) is 0 Å². The lowest BCUT2D eigenvalue weighted by molar-refractivity contribution is -0.240. The third-order valence-electron chi connectivity index (χ3n) is 5.46. The summed E-state index contributed by atoms with van der Waals surface area (Å²) in [5.74, 6) is -3.63. The van der Waals surface area contributed by atoms with Crippen molar-refractivity contribution < 1.29 is 23.8 Å². The van der Waals surface area contributed by atoms with Crippen LogP contribution in [0.2, 0.25) is 0 Å². The van der Waals surface area contributed by atoms with Crippen LogP contribution in [0, 0.1) is 12.8 Å². The highest BCUT2D eigenvalue weighted by Crippen LogP contribution is 2.41. The predicted octanol–water partition coefficient (Wildman–Crippen LogP) is 5.16. The molecule has 0 aromatic heterocycles. The van der Waals surface area contributed by atoms with E-state index < -0.39 is 29.6 Å². The SMILES string of the molecule is Cc1ccc([C@H](c2ccccc2OCc2ccccc2)C2C(=O)OC(C)(C)OC2=O)cc1. The predicted molar refractivity (Wildman–Crippen MR) is 120 cm³/mol. The van der Waals surface area contributed by atoms with Crippen molar-refractivity contribution in [1.82, 2.24) is 0 Å². The Morgan fingerprint density at radius 1 is 0.844 bits per heavy atom. The molecule has 0 N–H and O–H groups in total. The molecule has 1 aliphatic rings. The second-order valence-corrected chi connectivity index (χ2v) is 8.42. The summed E-state index contributed by atoms with van der Waals surface area (Å²) < 4.78 is 17.0. The zero-order valence-corrected chi connectivity index (χ0v) is 18.4. The van der Waals surface area contributed by atoms with Crippen LogP contribution in [0.15, 0.2) is 78.9 Å². The number of esters is 2. The van der Waals surface area contributed by atoms with E-state index in [0.717, 1.165) is 22.3 Å². The summed E-state index contributed by atoms with van der Waals surface area (Å²) in [7, 11) is 0. The molecule has 1 atom stereocenters. The number of hydrogen-bond acceptors (Lipinski definition) is 5. The van der Waals surface area contributed by atoms with Gasteiger partial charge in [-0.15, -0.1) is 0 Å². The van der Waals surface area contributed by atoms with Crippen LogP contribution >= 0.6 is 0 Å². The molecule has 4 rings (SSSR count). The monoisotopic (exact) mass is 430 g/mol. The molecule has 0 amide bonds. The number of ether oxygens (including phenoxy) is 3. The summed E-state index contributed by atoms with van der Waals surface area (Å²) in [6.07, 6.45) is 0. The quantitative estimate of drug-likeness (QED) is 0.399. The van der Waals surface area contributed by atoms with E-state index in [9.17, 15) is 9.59 Å². The molecule has 5 heteroatoms. The third kappa shape index (κ3) is 4.67. The summed E-state index contributed by atoms with van der Waals surface area (Å²) in [6.45, 7) is 5.46. The van der Waals surface area contributed by atoms with E-state index in [-0.39, 0.29) is 0 Å². The Labute approximate surface area is 187 Å². The molecule has 1 aliphatic heterocycles. The summed E-state index contributed by atoms with van der Waals surface area (Å²) in [5, 5.41) is 0. The van der Waals surface area contributed by atoms with Gasteiger partial charge in [0, 0.05) is 25.3 Å². The molecule has 1 heterocycles. The fourth-order valence-electron chi connectivity index (χ4n) is 3.93. The average Bonchev–Trinajstić information content (AvgIpc) is 2.76. The van der Waals surface area contributed by atoms with Crippen molar-refractivity contribution in [3.05, 3.63) is 101 Å². The van der Waals surface area contributed by atoms with Crippen LogP contribution in [0.3, 0.4) is 0 Å². The highest BCUT2D eigenvalue weighted by atomic mass is 16.7. The Morgan fingerprint density at radius 3 is 2.09 bits per heavy atom. The van der Waals surface area contributed by atoms with Crippen LogP contribution < -0.4 is 4.74 Å². The van der Waals surface area contributed by atoms with Crippen molar-refractivity contribution in [2.75, 3.05) is 0 Å². The van der Waals surface area contributed by atoms with E-state index in [2.05, 4.69) is 0 Å². The fourth-order valence-corrected chi connectivity index (χ4v) is 3.93. The van der Waals surface area contributed by atoms with Gasteiger partial charge in [-0.3, -0.25) is 9.59 Å². The first kappa shape index (κ1) is 21.6. The lowest BCUT2D eigenvalue weighted by Gasteiger charge is -2.36. The highest BCUT2D eigenvalue weighted by Gasteiger charge is 2.48. The van der Waals surface area contributed by atoms with E-state index in [1.165, 1.54) is 0 Å². The molecule has 0 unspecified atom stereocenters. The number of carbonyl (C=O) groups excluding carboxylic acids is 2. The molecule has 3 aromatic rings. The number of carbonyl (C=O) groups is 2. The van der Waals surface area contributed by atoms with Crippen molar-refractivity contribution in [3.63, 3.8) is 0 Å². The smallest absolute Gasteiger partial charge is 0.324 e. The molecule has 1 saturated heterocycles. The van der Waals surface area contributed by atoms with Gasteiger partial charge in [0.05, 0.1) is 0 Å². The zero-order valence-electron chi connectivity index (χ0n) is 18.4. The topological polar surface area (TPSA) is 61.8 Å². The van der Waals surface area contributed by atoms with Gasteiger partial charge in [-0.05, 0) is 24.1 Å². The van der Waals surface area contributed by atoms with Gasteiger partial charge >= 0.3 is 11.9 Å². The second kappa shape index (κ2) is 8.87. The third-order valence-corrected chi connectivity index (χ3v) is 5.46. The van der Waals surface area contributed by atoms with Crippen molar-refractivity contribution >= 4 is 11.9 Å². The van der Waals surface area contributed by atoms with Crippen molar-refractivity contribution in [3.8, 4) is 5.75 Å². The van der Waals surface area contributed by atoms with Crippen LogP contribution in [0.4, 0.5) is 0 Å². The van der Waals surface area contributed by atoms with E-state index in [4.69, 9.17) is 14.2 Å². The van der Waals surface area contributed by atoms with Gasteiger partial charge in [0.1, 0.15) is 12.4 Å². The van der Waals surface area contributed by atoms with Crippen molar-refractivity contribution in [2.24, 2.45) is 5.92 Å². The Balaban J connectivity index is 1.75. The molecule has 3 aromatic carbocycles. The van der Waals surface area contributed by atoms with Gasteiger partial charge in [0.15, 0.2) is 5.92 Å². The average molecular weight is 431 g/mol. The molecule has 164 valence electrons. The molecule has 0 saturated carbocycles. The van der Waals surface area contributed by atoms with Crippen LogP contribution in [0.5, 0.6) is 5.75 Å². The minimum atomic E-state index is -1.29. The summed E-state index contributed by atoms with van der Waals surface area (Å²) in [5.41, 5.74) is 3.64. The van der Waals surface area contributed by atoms with Crippen molar-refractivity contribution in [1.29, 1.82) is 0 Å². The standard InChI is InChI=1S/C27H26O5/c1-18-13-15-20(16-14-18)23(24-25(28)31-27(2,3)32-26(24)29)21-11-7-8-12-22(21)30-17-19-9-5-4-6-10-19/h4-16,23-24H,17H2,1-3H3/t23-/m1/s1. The molecular weight excluding hydrogens is 404 g/mol. The number of benzene rings is 3. The van der Waals surface area contributed by atoms with Gasteiger partial charge in [0.25, 0.3) is 5.79 Å². The minimum absolute atomic E-state index is 0.366. The van der Waals surface area contributed by atoms with E-state index >= 15 is 0 Å². The lowest BCUT2D eigenvalue weighted by atomic mass is 9.79. The molecule has 0 spiro atoms. The Kier molecular flexibility index (Phi) is 5.99. The molecule has 0 bridgehead atoms. The number of para-hydroxylation sites is 1. The molecule has 0 aliphatic carbocycles. The second-order valence-electron chi connectivity index (χ2n) is 8.42. The Hall–Kier alpha value is -3.60. The normalized spacial score (nSPS) is 16.7. The lowest BCUT2D eigenvalue weighted by Crippen LogP contribution is -2.48. The largest absolute Gasteiger partial charge is 0.489 e. The Bertz CT molecular complexity index is 1080. The maximum absolute atomic E-state index is 13.0. The van der Waals surface area contributed by atoms with Gasteiger partial charge in [-0.2, -0.15) is 0 Å².